The van der Waals surface area contributed by atoms with Gasteiger partial charge in [0.2, 0.25) is 0 Å². The maximum atomic E-state index is 6.47. The summed E-state index contributed by atoms with van der Waals surface area (Å²) in [7, 11) is 0. The molecular weight excluding hydrogens is 170 g/mol. The second-order valence-corrected chi connectivity index (χ2v) is 6.65. The zero-order chi connectivity index (χ0) is 10.4. The molecule has 82 valence electrons. The highest BCUT2D eigenvalue weighted by Crippen LogP contribution is 2.49. The van der Waals surface area contributed by atoms with Crippen LogP contribution < -0.4 is 5.73 Å². The van der Waals surface area contributed by atoms with Crippen LogP contribution in [0.1, 0.15) is 59.3 Å². The summed E-state index contributed by atoms with van der Waals surface area (Å²) in [5.41, 5.74) is 7.20. The van der Waals surface area contributed by atoms with Crippen LogP contribution >= 0.6 is 0 Å². The Bertz CT molecular complexity index is 202. The minimum absolute atomic E-state index is 0.238. The van der Waals surface area contributed by atoms with Crippen LogP contribution in [0.15, 0.2) is 0 Å². The molecule has 0 aromatic carbocycles. The van der Waals surface area contributed by atoms with Gasteiger partial charge < -0.3 is 5.73 Å². The number of hydrogen-bond acceptors (Lipinski definition) is 1. The van der Waals surface area contributed by atoms with Gasteiger partial charge in [0.05, 0.1) is 0 Å². The molecule has 0 amide bonds. The Hall–Kier alpha value is -0.0400. The van der Waals surface area contributed by atoms with Crippen LogP contribution in [0.4, 0.5) is 0 Å². The van der Waals surface area contributed by atoms with Crippen LogP contribution in [-0.2, 0) is 0 Å². The summed E-state index contributed by atoms with van der Waals surface area (Å²) >= 11 is 0. The van der Waals surface area contributed by atoms with Crippen LogP contribution in [-0.4, -0.2) is 5.54 Å². The molecular formula is C13H25N. The first-order chi connectivity index (χ1) is 6.42. The highest BCUT2D eigenvalue weighted by Gasteiger charge is 2.45. The molecule has 0 heterocycles. The van der Waals surface area contributed by atoms with E-state index in [1.165, 1.54) is 38.5 Å². The van der Waals surface area contributed by atoms with Gasteiger partial charge in [-0.25, -0.2) is 0 Å². The molecule has 0 saturated heterocycles. The van der Waals surface area contributed by atoms with Crippen molar-refractivity contribution in [1.29, 1.82) is 0 Å². The summed E-state index contributed by atoms with van der Waals surface area (Å²) in [6.45, 7) is 7.12. The Morgan fingerprint density at radius 2 is 1.50 bits per heavy atom. The monoisotopic (exact) mass is 195 g/mol. The Labute approximate surface area is 88.4 Å². The number of hydrogen-bond donors (Lipinski definition) is 1. The van der Waals surface area contributed by atoms with Gasteiger partial charge in [-0.3, -0.25) is 0 Å². The van der Waals surface area contributed by atoms with Crippen LogP contribution in [0.5, 0.6) is 0 Å². The Kier molecular flexibility index (Phi) is 2.42. The first kappa shape index (κ1) is 10.5. The van der Waals surface area contributed by atoms with E-state index in [0.29, 0.717) is 5.41 Å². The van der Waals surface area contributed by atoms with E-state index >= 15 is 0 Å². The molecule has 0 aromatic heterocycles. The zero-order valence-electron chi connectivity index (χ0n) is 9.97. The van der Waals surface area contributed by atoms with E-state index < -0.39 is 0 Å². The van der Waals surface area contributed by atoms with Gasteiger partial charge in [0, 0.05) is 5.54 Å². The molecule has 0 bridgehead atoms. The third-order valence-corrected chi connectivity index (χ3v) is 4.53. The van der Waals surface area contributed by atoms with Crippen LogP contribution in [0, 0.1) is 17.3 Å². The molecule has 2 aliphatic rings. The lowest BCUT2D eigenvalue weighted by molar-refractivity contribution is 0.124. The summed E-state index contributed by atoms with van der Waals surface area (Å²) in [5.74, 6) is 1.78. The largest absolute Gasteiger partial charge is 0.325 e. The van der Waals surface area contributed by atoms with Gasteiger partial charge in [0.25, 0.3) is 0 Å². The van der Waals surface area contributed by atoms with Gasteiger partial charge in [-0.05, 0) is 55.8 Å². The maximum Gasteiger partial charge on any atom is 0.0183 e. The Balaban J connectivity index is 1.91. The van der Waals surface area contributed by atoms with Crippen LogP contribution in [0.2, 0.25) is 0 Å². The van der Waals surface area contributed by atoms with Crippen molar-refractivity contribution in [2.75, 3.05) is 0 Å². The predicted molar refractivity (Wildman–Crippen MR) is 61.1 cm³/mol. The third-order valence-electron chi connectivity index (χ3n) is 4.53. The topological polar surface area (TPSA) is 26.0 Å². The van der Waals surface area contributed by atoms with Crippen molar-refractivity contribution in [3.63, 3.8) is 0 Å². The number of nitrogens with two attached hydrogens (primary N) is 1. The normalized spacial score (nSPS) is 39.9. The van der Waals surface area contributed by atoms with E-state index in [0.717, 1.165) is 11.8 Å². The molecule has 0 unspecified atom stereocenters. The Morgan fingerprint density at radius 1 is 1.00 bits per heavy atom. The average molecular weight is 195 g/mol. The molecule has 0 atom stereocenters. The lowest BCUT2D eigenvalue weighted by atomic mass is 9.66. The molecule has 1 heteroatoms. The molecule has 2 saturated carbocycles. The quantitative estimate of drug-likeness (QED) is 0.682. The van der Waals surface area contributed by atoms with E-state index in [1.807, 2.05) is 0 Å². The second kappa shape index (κ2) is 3.23. The van der Waals surface area contributed by atoms with Crippen molar-refractivity contribution < 1.29 is 0 Å². The summed E-state index contributed by atoms with van der Waals surface area (Å²) in [6, 6.07) is 0. The third kappa shape index (κ3) is 1.98. The molecule has 2 rings (SSSR count). The molecule has 2 aliphatic carbocycles. The van der Waals surface area contributed by atoms with Gasteiger partial charge in [-0.15, -0.1) is 0 Å². The van der Waals surface area contributed by atoms with Gasteiger partial charge in [0.15, 0.2) is 0 Å². The predicted octanol–water partition coefficient (Wildman–Crippen LogP) is 3.33. The highest BCUT2D eigenvalue weighted by atomic mass is 14.8. The zero-order valence-corrected chi connectivity index (χ0v) is 9.97. The van der Waals surface area contributed by atoms with E-state index in [4.69, 9.17) is 5.73 Å². The van der Waals surface area contributed by atoms with Crippen molar-refractivity contribution in [2.24, 2.45) is 23.0 Å². The Morgan fingerprint density at radius 3 is 1.86 bits per heavy atom. The van der Waals surface area contributed by atoms with Crippen molar-refractivity contribution in [3.05, 3.63) is 0 Å². The summed E-state index contributed by atoms with van der Waals surface area (Å²) < 4.78 is 0. The highest BCUT2D eigenvalue weighted by molar-refractivity contribution is 5.02. The average Bonchev–Trinajstić information content (AvgIpc) is 2.85. The fourth-order valence-electron chi connectivity index (χ4n) is 3.09. The smallest absolute Gasteiger partial charge is 0.0183 e. The molecule has 0 spiro atoms. The van der Waals surface area contributed by atoms with Gasteiger partial charge in [0.1, 0.15) is 0 Å². The van der Waals surface area contributed by atoms with E-state index in [1.54, 1.807) is 0 Å². The molecule has 0 radical (unpaired) electrons. The van der Waals surface area contributed by atoms with Gasteiger partial charge in [-0.2, -0.15) is 0 Å². The SMILES string of the molecule is CC(C)(C)C1CCC(N)(C2CC2)CC1. The van der Waals surface area contributed by atoms with Gasteiger partial charge >= 0.3 is 0 Å². The maximum absolute atomic E-state index is 6.47. The van der Waals surface area contributed by atoms with Crippen molar-refractivity contribution in [1.82, 2.24) is 0 Å². The number of rotatable bonds is 1. The summed E-state index contributed by atoms with van der Waals surface area (Å²) in [4.78, 5) is 0. The minimum atomic E-state index is 0.238. The standard InChI is InChI=1S/C13H25N/c1-12(2,3)10-6-8-13(14,9-7-10)11-4-5-11/h10-11H,4-9,14H2,1-3H3. The molecule has 2 fully saturated rings. The van der Waals surface area contributed by atoms with Gasteiger partial charge in [-0.1, -0.05) is 20.8 Å². The van der Waals surface area contributed by atoms with E-state index in [2.05, 4.69) is 20.8 Å². The molecule has 14 heavy (non-hydrogen) atoms. The summed E-state index contributed by atoms with van der Waals surface area (Å²) in [5, 5.41) is 0. The fraction of sp³-hybridized carbons (Fsp3) is 1.00. The first-order valence-electron chi connectivity index (χ1n) is 6.21. The molecule has 2 N–H and O–H groups in total. The lowest BCUT2D eigenvalue weighted by Crippen LogP contribution is -2.46. The van der Waals surface area contributed by atoms with Crippen LogP contribution in [0.25, 0.3) is 0 Å². The van der Waals surface area contributed by atoms with Crippen molar-refractivity contribution in [3.8, 4) is 0 Å². The van der Waals surface area contributed by atoms with E-state index in [-0.39, 0.29) is 5.54 Å². The van der Waals surface area contributed by atoms with E-state index in [9.17, 15) is 0 Å². The summed E-state index contributed by atoms with van der Waals surface area (Å²) in [6.07, 6.45) is 8.07. The minimum Gasteiger partial charge on any atom is -0.325 e. The van der Waals surface area contributed by atoms with Crippen LogP contribution in [0.3, 0.4) is 0 Å². The molecule has 0 aliphatic heterocycles. The second-order valence-electron chi connectivity index (χ2n) is 6.65. The lowest BCUT2D eigenvalue weighted by Gasteiger charge is -2.42. The molecule has 0 aromatic rings. The van der Waals surface area contributed by atoms with Crippen molar-refractivity contribution in [2.45, 2.75) is 64.8 Å². The first-order valence-corrected chi connectivity index (χ1v) is 6.21. The fourth-order valence-corrected chi connectivity index (χ4v) is 3.09. The molecule has 1 nitrogen and oxygen atoms in total. The van der Waals surface area contributed by atoms with Crippen molar-refractivity contribution >= 4 is 0 Å².